The van der Waals surface area contributed by atoms with E-state index < -0.39 is 0 Å². The van der Waals surface area contributed by atoms with Gasteiger partial charge < -0.3 is 10.6 Å². The Balaban J connectivity index is 0.00000196. The van der Waals surface area contributed by atoms with Crippen LogP contribution in [0.15, 0.2) is 48.5 Å². The zero-order valence-electron chi connectivity index (χ0n) is 14.4. The third-order valence-electron chi connectivity index (χ3n) is 4.54. The summed E-state index contributed by atoms with van der Waals surface area (Å²) in [5, 5.41) is 7.40. The SMILES string of the molecule is Cl.O=C(Nc1ccc(Cc2nc3ccccc3s2)cc1)C1CCCCN1. The zero-order chi connectivity index (χ0) is 17.1. The number of nitrogens with zero attached hydrogens (tertiary/aromatic N) is 1. The van der Waals surface area contributed by atoms with Gasteiger partial charge in [0.15, 0.2) is 0 Å². The monoisotopic (exact) mass is 387 g/mol. The number of para-hydroxylation sites is 1. The van der Waals surface area contributed by atoms with Crippen molar-refractivity contribution in [1.29, 1.82) is 0 Å². The van der Waals surface area contributed by atoms with Crippen LogP contribution in [0.5, 0.6) is 0 Å². The molecule has 0 aliphatic carbocycles. The normalized spacial score (nSPS) is 16.8. The standard InChI is InChI=1S/C20H21N3OS.ClH/c24-20(17-6-3-4-12-21-17)22-15-10-8-14(9-11-15)13-19-23-16-5-1-2-7-18(16)25-19;/h1-2,5,7-11,17,21H,3-4,6,12-13H2,(H,22,24);1H. The molecular weight excluding hydrogens is 366 g/mol. The molecule has 0 radical (unpaired) electrons. The predicted octanol–water partition coefficient (Wildman–Crippen LogP) is 4.39. The predicted molar refractivity (Wildman–Crippen MR) is 110 cm³/mol. The molecule has 4 nitrogen and oxygen atoms in total. The van der Waals surface area contributed by atoms with Crippen molar-refractivity contribution < 1.29 is 4.79 Å². The first-order valence-electron chi connectivity index (χ1n) is 8.75. The van der Waals surface area contributed by atoms with Crippen LogP contribution in [0.25, 0.3) is 10.2 Å². The van der Waals surface area contributed by atoms with Gasteiger partial charge in [0.1, 0.15) is 0 Å². The lowest BCUT2D eigenvalue weighted by molar-refractivity contribution is -0.118. The molecule has 1 amide bonds. The van der Waals surface area contributed by atoms with Gasteiger partial charge in [0.2, 0.25) is 5.91 Å². The molecule has 0 spiro atoms. The van der Waals surface area contributed by atoms with Crippen LogP contribution in [0.4, 0.5) is 5.69 Å². The molecule has 1 aliphatic heterocycles. The smallest absolute Gasteiger partial charge is 0.241 e. The van der Waals surface area contributed by atoms with E-state index >= 15 is 0 Å². The van der Waals surface area contributed by atoms with Gasteiger partial charge in [0.05, 0.1) is 21.3 Å². The molecule has 136 valence electrons. The molecule has 0 bridgehead atoms. The van der Waals surface area contributed by atoms with Crippen molar-refractivity contribution in [2.24, 2.45) is 0 Å². The summed E-state index contributed by atoms with van der Waals surface area (Å²) in [5.41, 5.74) is 3.12. The van der Waals surface area contributed by atoms with Gasteiger partial charge in [0, 0.05) is 12.1 Å². The average molecular weight is 388 g/mol. The van der Waals surface area contributed by atoms with Crippen LogP contribution in [0.1, 0.15) is 29.8 Å². The van der Waals surface area contributed by atoms with E-state index in [2.05, 4.69) is 33.8 Å². The molecule has 1 fully saturated rings. The highest BCUT2D eigenvalue weighted by atomic mass is 35.5. The Kier molecular flexibility index (Phi) is 6.25. The second-order valence-corrected chi connectivity index (χ2v) is 7.56. The van der Waals surface area contributed by atoms with E-state index in [4.69, 9.17) is 0 Å². The van der Waals surface area contributed by atoms with E-state index in [1.165, 1.54) is 10.3 Å². The van der Waals surface area contributed by atoms with Gasteiger partial charge >= 0.3 is 0 Å². The van der Waals surface area contributed by atoms with Gasteiger partial charge in [-0.3, -0.25) is 4.79 Å². The first-order chi connectivity index (χ1) is 12.3. The summed E-state index contributed by atoms with van der Waals surface area (Å²) >= 11 is 1.74. The van der Waals surface area contributed by atoms with E-state index in [1.54, 1.807) is 11.3 Å². The number of rotatable bonds is 4. The molecule has 4 rings (SSSR count). The lowest BCUT2D eigenvalue weighted by Gasteiger charge is -2.22. The number of aromatic nitrogens is 1. The van der Waals surface area contributed by atoms with E-state index in [0.29, 0.717) is 0 Å². The highest BCUT2D eigenvalue weighted by Gasteiger charge is 2.20. The van der Waals surface area contributed by atoms with Crippen molar-refractivity contribution in [2.45, 2.75) is 31.7 Å². The molecule has 2 N–H and O–H groups in total. The van der Waals surface area contributed by atoms with Crippen molar-refractivity contribution in [2.75, 3.05) is 11.9 Å². The van der Waals surface area contributed by atoms with E-state index in [9.17, 15) is 4.79 Å². The minimum atomic E-state index is -0.0591. The number of amides is 1. The number of hydrogen-bond acceptors (Lipinski definition) is 4. The number of hydrogen-bond donors (Lipinski definition) is 2. The molecule has 0 saturated carbocycles. The van der Waals surface area contributed by atoms with Crippen LogP contribution in [-0.2, 0) is 11.2 Å². The summed E-state index contributed by atoms with van der Waals surface area (Å²) < 4.78 is 1.22. The molecule has 2 heterocycles. The number of halogens is 1. The number of nitrogens with one attached hydrogen (secondary N) is 2. The van der Waals surface area contributed by atoms with Crippen molar-refractivity contribution >= 4 is 45.6 Å². The molecule has 1 aromatic heterocycles. The Morgan fingerprint density at radius 3 is 2.69 bits per heavy atom. The maximum Gasteiger partial charge on any atom is 0.241 e. The zero-order valence-corrected chi connectivity index (χ0v) is 16.0. The fraction of sp³-hybridized carbons (Fsp3) is 0.300. The average Bonchev–Trinajstić information content (AvgIpc) is 3.06. The molecule has 1 saturated heterocycles. The van der Waals surface area contributed by atoms with Crippen LogP contribution in [0, 0.1) is 0 Å². The molecule has 2 aromatic carbocycles. The lowest BCUT2D eigenvalue weighted by atomic mass is 10.0. The summed E-state index contributed by atoms with van der Waals surface area (Å²) in [6.07, 6.45) is 4.01. The number of fused-ring (bicyclic) bond motifs is 1. The minimum Gasteiger partial charge on any atom is -0.325 e. The summed E-state index contributed by atoms with van der Waals surface area (Å²) in [4.78, 5) is 16.9. The molecular formula is C20H22ClN3OS. The van der Waals surface area contributed by atoms with Gasteiger partial charge in [-0.25, -0.2) is 4.98 Å². The molecule has 3 aromatic rings. The van der Waals surface area contributed by atoms with E-state index in [0.717, 1.165) is 48.4 Å². The van der Waals surface area contributed by atoms with Crippen molar-refractivity contribution in [3.8, 4) is 0 Å². The third kappa shape index (κ3) is 4.41. The minimum absolute atomic E-state index is 0. The summed E-state index contributed by atoms with van der Waals surface area (Å²) in [5.74, 6) is 0.0682. The number of benzene rings is 2. The van der Waals surface area contributed by atoms with Crippen molar-refractivity contribution in [3.05, 3.63) is 59.1 Å². The van der Waals surface area contributed by atoms with Gasteiger partial charge in [-0.2, -0.15) is 0 Å². The second-order valence-electron chi connectivity index (χ2n) is 6.44. The van der Waals surface area contributed by atoms with Crippen LogP contribution in [0.3, 0.4) is 0 Å². The number of carbonyl (C=O) groups excluding carboxylic acids is 1. The Morgan fingerprint density at radius 1 is 1.15 bits per heavy atom. The first-order valence-corrected chi connectivity index (χ1v) is 9.57. The van der Waals surface area contributed by atoms with E-state index in [-0.39, 0.29) is 24.4 Å². The quantitative estimate of drug-likeness (QED) is 0.698. The highest BCUT2D eigenvalue weighted by molar-refractivity contribution is 7.18. The number of anilines is 1. The van der Waals surface area contributed by atoms with Crippen LogP contribution in [-0.4, -0.2) is 23.5 Å². The van der Waals surface area contributed by atoms with Crippen molar-refractivity contribution in [1.82, 2.24) is 10.3 Å². The number of thiazole rings is 1. The molecule has 1 aliphatic rings. The summed E-state index contributed by atoms with van der Waals surface area (Å²) in [7, 11) is 0. The van der Waals surface area contributed by atoms with Gasteiger partial charge in [-0.05, 0) is 49.2 Å². The Bertz CT molecular complexity index is 839. The fourth-order valence-corrected chi connectivity index (χ4v) is 4.18. The summed E-state index contributed by atoms with van der Waals surface area (Å²) in [6, 6.07) is 16.2. The maximum absolute atomic E-state index is 12.3. The fourth-order valence-electron chi connectivity index (χ4n) is 3.18. The third-order valence-corrected chi connectivity index (χ3v) is 5.58. The van der Waals surface area contributed by atoms with Crippen LogP contribution < -0.4 is 10.6 Å². The van der Waals surface area contributed by atoms with Crippen LogP contribution in [0.2, 0.25) is 0 Å². The molecule has 6 heteroatoms. The molecule has 1 unspecified atom stereocenters. The lowest BCUT2D eigenvalue weighted by Crippen LogP contribution is -2.43. The molecule has 26 heavy (non-hydrogen) atoms. The highest BCUT2D eigenvalue weighted by Crippen LogP contribution is 2.24. The largest absolute Gasteiger partial charge is 0.325 e. The Morgan fingerprint density at radius 2 is 1.96 bits per heavy atom. The summed E-state index contributed by atoms with van der Waals surface area (Å²) in [6.45, 7) is 0.930. The Hall–Kier alpha value is -1.95. The second kappa shape index (κ2) is 8.62. The topological polar surface area (TPSA) is 54.0 Å². The number of carbonyl (C=O) groups is 1. The molecule has 1 atom stereocenters. The van der Waals surface area contributed by atoms with Crippen molar-refractivity contribution in [3.63, 3.8) is 0 Å². The van der Waals surface area contributed by atoms with E-state index in [1.807, 2.05) is 30.3 Å². The number of piperidine rings is 1. The Labute approximate surface area is 163 Å². The van der Waals surface area contributed by atoms with Crippen LogP contribution >= 0.6 is 23.7 Å². The van der Waals surface area contributed by atoms with Gasteiger partial charge in [-0.15, -0.1) is 23.7 Å². The maximum atomic E-state index is 12.3. The van der Waals surface area contributed by atoms with Gasteiger partial charge in [0.25, 0.3) is 0 Å². The first kappa shape index (κ1) is 18.8. The van der Waals surface area contributed by atoms with Gasteiger partial charge in [-0.1, -0.05) is 30.7 Å².